The molecule has 0 N–H and O–H groups in total. The second kappa shape index (κ2) is 6.03. The number of hydrogen-bond donors (Lipinski definition) is 0. The maximum absolute atomic E-state index is 13.3. The smallest absolute Gasteiger partial charge is 0.137 e. The van der Waals surface area contributed by atoms with Gasteiger partial charge in [0.2, 0.25) is 0 Å². The summed E-state index contributed by atoms with van der Waals surface area (Å²) in [5, 5.41) is 0. The van der Waals surface area contributed by atoms with Crippen LogP contribution < -0.4 is 0 Å². The van der Waals surface area contributed by atoms with Crippen molar-refractivity contribution in [2.45, 2.75) is 10.6 Å². The molecule has 0 saturated heterocycles. The zero-order valence-corrected chi connectivity index (χ0v) is 12.8. The third-order valence-corrected chi connectivity index (χ3v) is 4.72. The predicted octanol–water partition coefficient (Wildman–Crippen LogP) is 5.64. The van der Waals surface area contributed by atoms with E-state index in [0.717, 1.165) is 15.8 Å². The maximum atomic E-state index is 13.3. The van der Waals surface area contributed by atoms with Crippen LogP contribution in [0.2, 0.25) is 0 Å². The Morgan fingerprint density at radius 3 is 2.41 bits per heavy atom. The predicted molar refractivity (Wildman–Crippen MR) is 77.8 cm³/mol. The fourth-order valence-corrected chi connectivity index (χ4v) is 3.10. The molecule has 0 radical (unpaired) electrons. The van der Waals surface area contributed by atoms with Crippen LogP contribution in [0.15, 0.2) is 56.3 Å². The average molecular weight is 376 g/mol. The molecule has 0 amide bonds. The van der Waals surface area contributed by atoms with Crippen LogP contribution in [0.4, 0.5) is 4.39 Å². The van der Waals surface area contributed by atoms with E-state index >= 15 is 0 Å². The van der Waals surface area contributed by atoms with Crippen molar-refractivity contribution in [1.29, 1.82) is 0 Å². The van der Waals surface area contributed by atoms with Crippen molar-refractivity contribution >= 4 is 43.6 Å². The van der Waals surface area contributed by atoms with Crippen LogP contribution in [0.5, 0.6) is 0 Å². The van der Waals surface area contributed by atoms with E-state index in [1.54, 1.807) is 17.8 Å². The van der Waals surface area contributed by atoms with Crippen molar-refractivity contribution in [3.05, 3.63) is 62.8 Å². The van der Waals surface area contributed by atoms with Crippen molar-refractivity contribution in [2.24, 2.45) is 0 Å². The van der Waals surface area contributed by atoms with Crippen LogP contribution in [0, 0.1) is 5.82 Å². The summed E-state index contributed by atoms with van der Waals surface area (Å²) in [6.45, 7) is 0. The van der Waals surface area contributed by atoms with Crippen LogP contribution in [0.25, 0.3) is 0 Å². The van der Waals surface area contributed by atoms with Crippen LogP contribution in [0.3, 0.4) is 0 Å². The summed E-state index contributed by atoms with van der Waals surface area (Å²) in [6.07, 6.45) is 0. The van der Waals surface area contributed by atoms with E-state index in [1.807, 2.05) is 30.3 Å². The van der Waals surface area contributed by atoms with E-state index in [4.69, 9.17) is 0 Å². The molecule has 2 rings (SSSR count). The molecule has 0 atom stereocenters. The zero-order chi connectivity index (χ0) is 12.3. The van der Waals surface area contributed by atoms with Crippen LogP contribution >= 0.6 is 43.6 Å². The summed E-state index contributed by atoms with van der Waals surface area (Å²) < 4.78 is 14.9. The first-order valence-electron chi connectivity index (χ1n) is 4.98. The number of halogens is 3. The Balaban J connectivity index is 2.07. The second-order valence-corrected chi connectivity index (χ2v) is 6.21. The van der Waals surface area contributed by atoms with E-state index in [-0.39, 0.29) is 5.82 Å². The molecule has 0 spiro atoms. The van der Waals surface area contributed by atoms with Gasteiger partial charge in [-0.05, 0) is 51.8 Å². The standard InChI is InChI=1S/C13H9Br2FS/c14-10-4-6-11(7-5-10)17-8-9-2-1-3-12(16)13(9)15/h1-7H,8H2. The van der Waals surface area contributed by atoms with E-state index in [1.165, 1.54) is 11.0 Å². The summed E-state index contributed by atoms with van der Waals surface area (Å²) in [7, 11) is 0. The van der Waals surface area contributed by atoms with Gasteiger partial charge in [0.05, 0.1) is 4.47 Å². The molecule has 0 aliphatic rings. The Morgan fingerprint density at radius 2 is 1.71 bits per heavy atom. The molecule has 88 valence electrons. The van der Waals surface area contributed by atoms with Crippen molar-refractivity contribution in [3.63, 3.8) is 0 Å². The van der Waals surface area contributed by atoms with Crippen molar-refractivity contribution in [1.82, 2.24) is 0 Å². The maximum Gasteiger partial charge on any atom is 0.137 e. The largest absolute Gasteiger partial charge is 0.206 e. The summed E-state index contributed by atoms with van der Waals surface area (Å²) in [5.74, 6) is 0.541. The van der Waals surface area contributed by atoms with Gasteiger partial charge < -0.3 is 0 Å². The van der Waals surface area contributed by atoms with Crippen LogP contribution in [-0.2, 0) is 5.75 Å². The van der Waals surface area contributed by atoms with E-state index in [0.29, 0.717) is 4.47 Å². The third kappa shape index (κ3) is 3.57. The zero-order valence-electron chi connectivity index (χ0n) is 8.79. The summed E-state index contributed by atoms with van der Waals surface area (Å²) in [5.41, 5.74) is 0.970. The minimum atomic E-state index is -0.209. The highest BCUT2D eigenvalue weighted by atomic mass is 79.9. The summed E-state index contributed by atoms with van der Waals surface area (Å²) in [6, 6.07) is 13.2. The lowest BCUT2D eigenvalue weighted by Gasteiger charge is -2.05. The highest BCUT2D eigenvalue weighted by Gasteiger charge is 2.05. The van der Waals surface area contributed by atoms with E-state index in [2.05, 4.69) is 31.9 Å². The Morgan fingerprint density at radius 1 is 1.00 bits per heavy atom. The van der Waals surface area contributed by atoms with Gasteiger partial charge in [0.25, 0.3) is 0 Å². The minimum Gasteiger partial charge on any atom is -0.206 e. The fourth-order valence-electron chi connectivity index (χ4n) is 1.35. The van der Waals surface area contributed by atoms with Gasteiger partial charge >= 0.3 is 0 Å². The lowest BCUT2D eigenvalue weighted by atomic mass is 10.2. The van der Waals surface area contributed by atoms with Gasteiger partial charge in [0.1, 0.15) is 5.82 Å². The number of rotatable bonds is 3. The first-order chi connectivity index (χ1) is 8.16. The fraction of sp³-hybridized carbons (Fsp3) is 0.0769. The Hall–Kier alpha value is -0.320. The van der Waals surface area contributed by atoms with E-state index in [9.17, 15) is 4.39 Å². The van der Waals surface area contributed by atoms with Crippen molar-refractivity contribution in [3.8, 4) is 0 Å². The van der Waals surface area contributed by atoms with Gasteiger partial charge in [-0.25, -0.2) is 4.39 Å². The first-order valence-corrected chi connectivity index (χ1v) is 7.55. The van der Waals surface area contributed by atoms with Crippen molar-refractivity contribution < 1.29 is 4.39 Å². The molecule has 0 aliphatic heterocycles. The Bertz CT molecular complexity index is 511. The number of benzene rings is 2. The molecular formula is C13H9Br2FS. The highest BCUT2D eigenvalue weighted by Crippen LogP contribution is 2.29. The summed E-state index contributed by atoms with van der Waals surface area (Å²) in [4.78, 5) is 1.17. The number of hydrogen-bond acceptors (Lipinski definition) is 1. The molecule has 0 heterocycles. The molecule has 0 saturated carbocycles. The van der Waals surface area contributed by atoms with Gasteiger partial charge in [-0.15, -0.1) is 11.8 Å². The molecule has 2 aromatic carbocycles. The van der Waals surface area contributed by atoms with Gasteiger partial charge in [-0.3, -0.25) is 0 Å². The van der Waals surface area contributed by atoms with Gasteiger partial charge in [-0.2, -0.15) is 0 Å². The van der Waals surface area contributed by atoms with Gasteiger partial charge in [0, 0.05) is 15.1 Å². The molecular weight excluding hydrogens is 367 g/mol. The summed E-state index contributed by atoms with van der Waals surface area (Å²) >= 11 is 8.35. The quantitative estimate of drug-likeness (QED) is 0.625. The molecule has 17 heavy (non-hydrogen) atoms. The van der Waals surface area contributed by atoms with E-state index < -0.39 is 0 Å². The second-order valence-electron chi connectivity index (χ2n) is 3.46. The molecule has 0 nitrogen and oxygen atoms in total. The highest BCUT2D eigenvalue weighted by molar-refractivity contribution is 9.10. The monoisotopic (exact) mass is 374 g/mol. The Labute approximate surface area is 121 Å². The van der Waals surface area contributed by atoms with Crippen LogP contribution in [0.1, 0.15) is 5.56 Å². The molecule has 0 fully saturated rings. The Kier molecular flexibility index (Phi) is 4.65. The lowest BCUT2D eigenvalue weighted by Crippen LogP contribution is -1.86. The van der Waals surface area contributed by atoms with Crippen LogP contribution in [-0.4, -0.2) is 0 Å². The molecule has 2 aromatic rings. The molecule has 4 heteroatoms. The first kappa shape index (κ1) is 13.1. The molecule has 0 aliphatic carbocycles. The third-order valence-electron chi connectivity index (χ3n) is 2.24. The van der Waals surface area contributed by atoms with Crippen molar-refractivity contribution in [2.75, 3.05) is 0 Å². The SMILES string of the molecule is Fc1cccc(CSc2ccc(Br)cc2)c1Br. The average Bonchev–Trinajstić information content (AvgIpc) is 2.33. The molecule has 0 bridgehead atoms. The lowest BCUT2D eigenvalue weighted by molar-refractivity contribution is 0.619. The van der Waals surface area contributed by atoms with Gasteiger partial charge in [-0.1, -0.05) is 28.1 Å². The number of thioether (sulfide) groups is 1. The normalized spacial score (nSPS) is 10.5. The van der Waals surface area contributed by atoms with Gasteiger partial charge in [0.15, 0.2) is 0 Å². The molecule has 0 unspecified atom stereocenters. The molecule has 0 aromatic heterocycles. The topological polar surface area (TPSA) is 0 Å². The minimum absolute atomic E-state index is 0.209.